The van der Waals surface area contributed by atoms with Crippen molar-refractivity contribution in [2.45, 2.75) is 33.3 Å². The number of aliphatic hydroxyl groups is 1. The lowest BCUT2D eigenvalue weighted by molar-refractivity contribution is 0.113. The lowest BCUT2D eigenvalue weighted by atomic mass is 9.98. The van der Waals surface area contributed by atoms with Crippen LogP contribution in [0.5, 0.6) is 0 Å². The van der Waals surface area contributed by atoms with Crippen LogP contribution >= 0.6 is 0 Å². The van der Waals surface area contributed by atoms with Gasteiger partial charge in [0.15, 0.2) is 0 Å². The van der Waals surface area contributed by atoms with Crippen LogP contribution in [0.1, 0.15) is 27.2 Å². The van der Waals surface area contributed by atoms with Crippen molar-refractivity contribution in [1.82, 2.24) is 0 Å². The summed E-state index contributed by atoms with van der Waals surface area (Å²) >= 11 is 0. The largest absolute Gasteiger partial charge is 0.393 e. The summed E-state index contributed by atoms with van der Waals surface area (Å²) < 4.78 is 0. The van der Waals surface area contributed by atoms with Crippen LogP contribution in [0.4, 0.5) is 0 Å². The van der Waals surface area contributed by atoms with Crippen LogP contribution in [-0.2, 0) is 0 Å². The van der Waals surface area contributed by atoms with Gasteiger partial charge in [-0.25, -0.2) is 0 Å². The Morgan fingerprint density at radius 2 is 1.78 bits per heavy atom. The molecule has 0 aromatic rings. The predicted molar refractivity (Wildman–Crippen MR) is 40.0 cm³/mol. The maximum atomic E-state index is 9.23. The van der Waals surface area contributed by atoms with E-state index in [9.17, 15) is 5.11 Å². The molecule has 0 saturated heterocycles. The first-order valence-electron chi connectivity index (χ1n) is 3.55. The summed E-state index contributed by atoms with van der Waals surface area (Å²) in [5.74, 6) is 0.733. The number of hydrogen-bond donors (Lipinski definition) is 1. The van der Waals surface area contributed by atoms with E-state index in [-0.39, 0.29) is 12.0 Å². The second-order valence-electron chi connectivity index (χ2n) is 3.17. The SMILES string of the molecule is [CH2]C(C)C(O)CC(C)C. The van der Waals surface area contributed by atoms with Crippen LogP contribution in [0.3, 0.4) is 0 Å². The summed E-state index contributed by atoms with van der Waals surface area (Å²) in [7, 11) is 0. The van der Waals surface area contributed by atoms with Gasteiger partial charge in [0.05, 0.1) is 6.10 Å². The fourth-order valence-corrected chi connectivity index (χ4v) is 0.715. The van der Waals surface area contributed by atoms with Gasteiger partial charge >= 0.3 is 0 Å². The van der Waals surface area contributed by atoms with E-state index < -0.39 is 0 Å². The molecule has 9 heavy (non-hydrogen) atoms. The smallest absolute Gasteiger partial charge is 0.0568 e. The minimum Gasteiger partial charge on any atom is -0.393 e. The molecule has 2 unspecified atom stereocenters. The molecule has 0 fully saturated rings. The van der Waals surface area contributed by atoms with Gasteiger partial charge in [0.2, 0.25) is 0 Å². The van der Waals surface area contributed by atoms with Crippen molar-refractivity contribution in [3.63, 3.8) is 0 Å². The fraction of sp³-hybridized carbons (Fsp3) is 0.875. The van der Waals surface area contributed by atoms with E-state index in [4.69, 9.17) is 0 Å². The molecule has 1 heteroatoms. The molecular formula is C8H17O. The van der Waals surface area contributed by atoms with Gasteiger partial charge in [-0.3, -0.25) is 0 Å². The topological polar surface area (TPSA) is 20.2 Å². The average molecular weight is 129 g/mol. The number of hydrogen-bond acceptors (Lipinski definition) is 1. The van der Waals surface area contributed by atoms with Gasteiger partial charge in [-0.15, -0.1) is 0 Å². The first-order valence-corrected chi connectivity index (χ1v) is 3.55. The molecule has 0 aromatic carbocycles. The minimum absolute atomic E-state index is 0.160. The summed E-state index contributed by atoms with van der Waals surface area (Å²) in [4.78, 5) is 0. The maximum Gasteiger partial charge on any atom is 0.0568 e. The molecule has 2 atom stereocenters. The fourth-order valence-electron chi connectivity index (χ4n) is 0.715. The van der Waals surface area contributed by atoms with Crippen molar-refractivity contribution in [3.05, 3.63) is 6.92 Å². The van der Waals surface area contributed by atoms with Crippen LogP contribution in [-0.4, -0.2) is 11.2 Å². The van der Waals surface area contributed by atoms with Gasteiger partial charge in [-0.05, 0) is 25.2 Å². The summed E-state index contributed by atoms with van der Waals surface area (Å²) in [6, 6.07) is 0. The zero-order chi connectivity index (χ0) is 7.44. The first kappa shape index (κ1) is 8.96. The summed E-state index contributed by atoms with van der Waals surface area (Å²) in [5.41, 5.74) is 0. The third-order valence-corrected chi connectivity index (χ3v) is 1.37. The number of aliphatic hydroxyl groups excluding tert-OH is 1. The van der Waals surface area contributed by atoms with E-state index in [1.54, 1.807) is 0 Å². The highest BCUT2D eigenvalue weighted by Crippen LogP contribution is 2.11. The summed E-state index contributed by atoms with van der Waals surface area (Å²) in [5, 5.41) is 9.23. The normalized spacial score (nSPS) is 15.0. The molecule has 55 valence electrons. The Hall–Kier alpha value is -0.0400. The molecule has 0 aliphatic rings. The number of rotatable bonds is 3. The Morgan fingerprint density at radius 3 is 1.89 bits per heavy atom. The van der Waals surface area contributed by atoms with Gasteiger partial charge in [-0.2, -0.15) is 0 Å². The second-order valence-corrected chi connectivity index (χ2v) is 3.17. The molecule has 1 N–H and O–H groups in total. The van der Waals surface area contributed by atoms with E-state index in [2.05, 4.69) is 20.8 Å². The molecule has 0 heterocycles. The van der Waals surface area contributed by atoms with E-state index >= 15 is 0 Å². The van der Waals surface area contributed by atoms with Crippen molar-refractivity contribution >= 4 is 0 Å². The molecule has 0 spiro atoms. The first-order chi connectivity index (χ1) is 4.04. The van der Waals surface area contributed by atoms with Crippen LogP contribution < -0.4 is 0 Å². The average Bonchev–Trinajstić information content (AvgIpc) is 1.63. The van der Waals surface area contributed by atoms with Gasteiger partial charge < -0.3 is 5.11 Å². The van der Waals surface area contributed by atoms with Crippen molar-refractivity contribution in [2.24, 2.45) is 11.8 Å². The third kappa shape index (κ3) is 4.46. The van der Waals surface area contributed by atoms with E-state index in [0.29, 0.717) is 5.92 Å². The molecule has 1 radical (unpaired) electrons. The molecule has 0 aliphatic carbocycles. The van der Waals surface area contributed by atoms with E-state index in [1.165, 1.54) is 0 Å². The van der Waals surface area contributed by atoms with Gasteiger partial charge in [0, 0.05) is 0 Å². The molecule has 0 amide bonds. The summed E-state index contributed by atoms with van der Waals surface area (Å²) in [6.07, 6.45) is 0.648. The molecule has 1 nitrogen and oxygen atoms in total. The van der Waals surface area contributed by atoms with Crippen LogP contribution in [0.25, 0.3) is 0 Å². The predicted octanol–water partition coefficient (Wildman–Crippen LogP) is 1.86. The molecule has 0 bridgehead atoms. The molecule has 0 aliphatic heterocycles. The zero-order valence-corrected chi connectivity index (χ0v) is 6.59. The van der Waals surface area contributed by atoms with Crippen LogP contribution in [0.2, 0.25) is 0 Å². The monoisotopic (exact) mass is 129 g/mol. The van der Waals surface area contributed by atoms with Crippen molar-refractivity contribution < 1.29 is 5.11 Å². The third-order valence-electron chi connectivity index (χ3n) is 1.37. The van der Waals surface area contributed by atoms with E-state index in [0.717, 1.165) is 6.42 Å². The summed E-state index contributed by atoms with van der Waals surface area (Å²) in [6.45, 7) is 9.88. The Morgan fingerprint density at radius 1 is 1.33 bits per heavy atom. The quantitative estimate of drug-likeness (QED) is 0.616. The Kier molecular flexibility index (Phi) is 3.87. The highest BCUT2D eigenvalue weighted by atomic mass is 16.3. The van der Waals surface area contributed by atoms with Crippen molar-refractivity contribution in [1.29, 1.82) is 0 Å². The van der Waals surface area contributed by atoms with Gasteiger partial charge in [0.25, 0.3) is 0 Å². The maximum absolute atomic E-state index is 9.23. The lowest BCUT2D eigenvalue weighted by Gasteiger charge is -2.15. The highest BCUT2D eigenvalue weighted by molar-refractivity contribution is 4.66. The van der Waals surface area contributed by atoms with Gasteiger partial charge in [-0.1, -0.05) is 20.8 Å². The van der Waals surface area contributed by atoms with Crippen LogP contribution in [0, 0.1) is 18.8 Å². The lowest BCUT2D eigenvalue weighted by Crippen LogP contribution is -2.16. The molecule has 0 saturated carbocycles. The molecular weight excluding hydrogens is 112 g/mol. The van der Waals surface area contributed by atoms with E-state index in [1.807, 2.05) is 6.92 Å². The standard InChI is InChI=1S/C8H17O/c1-6(2)5-8(9)7(3)4/h6-9H,3,5H2,1-2,4H3. The highest BCUT2D eigenvalue weighted by Gasteiger charge is 2.09. The molecule has 0 aromatic heterocycles. The Labute approximate surface area is 58.1 Å². The second kappa shape index (κ2) is 3.89. The Bertz CT molecular complexity index is 67.0. The van der Waals surface area contributed by atoms with Crippen molar-refractivity contribution in [2.75, 3.05) is 0 Å². The zero-order valence-electron chi connectivity index (χ0n) is 6.59. The minimum atomic E-state index is -0.218. The van der Waals surface area contributed by atoms with Gasteiger partial charge in [0.1, 0.15) is 0 Å². The Balaban J connectivity index is 3.38. The van der Waals surface area contributed by atoms with Crippen molar-refractivity contribution in [3.8, 4) is 0 Å². The van der Waals surface area contributed by atoms with Crippen LogP contribution in [0.15, 0.2) is 0 Å². The molecule has 0 rings (SSSR count).